The summed E-state index contributed by atoms with van der Waals surface area (Å²) in [5.41, 5.74) is 0.627. The van der Waals surface area contributed by atoms with Gasteiger partial charge in [-0.05, 0) is 55.7 Å². The van der Waals surface area contributed by atoms with Crippen LogP contribution in [0.25, 0.3) is 0 Å². The molecular formula is C25H26ClFN6O4. The highest BCUT2D eigenvalue weighted by atomic mass is 35.5. The smallest absolute Gasteiger partial charge is 0.338 e. The van der Waals surface area contributed by atoms with Crippen LogP contribution >= 0.6 is 11.6 Å². The lowest BCUT2D eigenvalue weighted by atomic mass is 9.92. The van der Waals surface area contributed by atoms with E-state index in [4.69, 9.17) is 16.7 Å². The third-order valence-electron chi connectivity index (χ3n) is 7.34. The molecule has 2 atom stereocenters. The van der Waals surface area contributed by atoms with Crippen LogP contribution in [0.5, 0.6) is 0 Å². The number of amides is 1. The predicted octanol–water partition coefficient (Wildman–Crippen LogP) is 3.70. The molecule has 1 amide bonds. The molecule has 3 aromatic rings. The number of aryl methyl sites for hydroxylation is 1. The van der Waals surface area contributed by atoms with E-state index < -0.39 is 17.4 Å². The van der Waals surface area contributed by atoms with E-state index in [0.717, 1.165) is 18.5 Å². The highest BCUT2D eigenvalue weighted by Crippen LogP contribution is 2.54. The standard InChI is InChI=1S/C25H26ClFN6O4/c1-33-12-31-20(21(33)22(34)32-17-2-3-19(27)18(26)6-17)13-4-14-7-25(37,8-15(14)5-13)11-30-24-28-9-16(10-29-24)23(35)36/h2-3,6,9-10,12-15,37H,4-5,7-8,11H2,1H3,(H,32,34)(H,35,36)(H,28,29,30). The van der Waals surface area contributed by atoms with Gasteiger partial charge in [0.25, 0.3) is 5.91 Å². The Labute approximate surface area is 216 Å². The number of nitrogens with zero attached hydrogens (tertiary/aromatic N) is 4. The molecule has 0 saturated heterocycles. The van der Waals surface area contributed by atoms with E-state index in [1.165, 1.54) is 30.6 Å². The number of nitrogens with one attached hydrogen (secondary N) is 2. The van der Waals surface area contributed by atoms with Crippen LogP contribution in [0.2, 0.25) is 5.02 Å². The maximum Gasteiger partial charge on any atom is 0.338 e. The van der Waals surface area contributed by atoms with E-state index in [-0.39, 0.29) is 46.7 Å². The molecule has 37 heavy (non-hydrogen) atoms. The normalized spacial score (nSPS) is 24.6. The Hall–Kier alpha value is -3.57. The number of hydrogen-bond acceptors (Lipinski definition) is 7. The number of carbonyl (C=O) groups excluding carboxylic acids is 1. The first kappa shape index (κ1) is 25.1. The molecule has 2 aliphatic carbocycles. The minimum Gasteiger partial charge on any atom is -0.478 e. The number of aromatic nitrogens is 4. The zero-order valence-corrected chi connectivity index (χ0v) is 20.7. The zero-order valence-electron chi connectivity index (χ0n) is 20.0. The lowest BCUT2D eigenvalue weighted by Gasteiger charge is -2.25. The van der Waals surface area contributed by atoms with E-state index in [2.05, 4.69) is 25.6 Å². The number of carboxylic acid groups (broad SMARTS) is 1. The number of rotatable bonds is 7. The van der Waals surface area contributed by atoms with Crippen LogP contribution in [0.3, 0.4) is 0 Å². The number of imidazole rings is 1. The summed E-state index contributed by atoms with van der Waals surface area (Å²) in [7, 11) is 1.76. The van der Waals surface area contributed by atoms with Crippen molar-refractivity contribution in [3.05, 3.63) is 64.7 Å². The highest BCUT2D eigenvalue weighted by molar-refractivity contribution is 6.31. The van der Waals surface area contributed by atoms with Gasteiger partial charge in [-0.1, -0.05) is 11.6 Å². The molecule has 2 saturated carbocycles. The van der Waals surface area contributed by atoms with Gasteiger partial charge >= 0.3 is 5.97 Å². The number of aliphatic hydroxyl groups is 1. The van der Waals surface area contributed by atoms with Gasteiger partial charge in [-0.25, -0.2) is 24.1 Å². The minimum atomic E-state index is -1.10. The molecule has 2 fully saturated rings. The van der Waals surface area contributed by atoms with E-state index in [0.29, 0.717) is 24.2 Å². The molecule has 10 nitrogen and oxygen atoms in total. The summed E-state index contributed by atoms with van der Waals surface area (Å²) in [6.07, 6.45) is 6.86. The number of halogens is 2. The molecule has 2 unspecified atom stereocenters. The lowest BCUT2D eigenvalue weighted by Crippen LogP contribution is -2.35. The van der Waals surface area contributed by atoms with Gasteiger partial charge in [0.1, 0.15) is 11.5 Å². The van der Waals surface area contributed by atoms with Crippen molar-refractivity contribution in [2.45, 2.75) is 37.2 Å². The maximum absolute atomic E-state index is 13.5. The van der Waals surface area contributed by atoms with Gasteiger partial charge in [0.05, 0.1) is 28.2 Å². The van der Waals surface area contributed by atoms with Gasteiger partial charge in [0.2, 0.25) is 5.95 Å². The average Bonchev–Trinajstić information content (AvgIpc) is 3.51. The van der Waals surface area contributed by atoms with E-state index in [1.54, 1.807) is 17.9 Å². The van der Waals surface area contributed by atoms with E-state index in [9.17, 15) is 19.1 Å². The van der Waals surface area contributed by atoms with Crippen molar-refractivity contribution in [2.24, 2.45) is 18.9 Å². The van der Waals surface area contributed by atoms with Gasteiger partial charge in [0, 0.05) is 37.6 Å². The Morgan fingerprint density at radius 2 is 1.86 bits per heavy atom. The van der Waals surface area contributed by atoms with Crippen LogP contribution in [0.1, 0.15) is 58.1 Å². The molecule has 0 bridgehead atoms. The summed E-state index contributed by atoms with van der Waals surface area (Å²) < 4.78 is 15.2. The second-order valence-corrected chi connectivity index (χ2v) is 10.4. The van der Waals surface area contributed by atoms with Gasteiger partial charge in [-0.2, -0.15) is 0 Å². The second-order valence-electron chi connectivity index (χ2n) is 9.95. The van der Waals surface area contributed by atoms with Crippen LogP contribution in [0.15, 0.2) is 36.9 Å². The molecule has 2 aromatic heterocycles. The fourth-order valence-corrected chi connectivity index (χ4v) is 5.88. The van der Waals surface area contributed by atoms with Crippen molar-refractivity contribution in [3.63, 3.8) is 0 Å². The number of benzene rings is 1. The van der Waals surface area contributed by atoms with Gasteiger partial charge in [-0.3, -0.25) is 4.79 Å². The van der Waals surface area contributed by atoms with Gasteiger partial charge in [-0.15, -0.1) is 0 Å². The number of hydrogen-bond donors (Lipinski definition) is 4. The quantitative estimate of drug-likeness (QED) is 0.363. The van der Waals surface area contributed by atoms with Crippen molar-refractivity contribution < 1.29 is 24.2 Å². The molecular weight excluding hydrogens is 503 g/mol. The van der Waals surface area contributed by atoms with Crippen molar-refractivity contribution in [3.8, 4) is 0 Å². The van der Waals surface area contributed by atoms with Gasteiger partial charge < -0.3 is 25.4 Å². The Balaban J connectivity index is 1.22. The molecule has 0 aliphatic heterocycles. The van der Waals surface area contributed by atoms with Crippen molar-refractivity contribution in [2.75, 3.05) is 17.2 Å². The monoisotopic (exact) mass is 528 g/mol. The predicted molar refractivity (Wildman–Crippen MR) is 133 cm³/mol. The van der Waals surface area contributed by atoms with Crippen LogP contribution in [-0.2, 0) is 7.05 Å². The topological polar surface area (TPSA) is 142 Å². The Morgan fingerprint density at radius 1 is 1.19 bits per heavy atom. The Kier molecular flexibility index (Phi) is 6.59. The third kappa shape index (κ3) is 5.14. The van der Waals surface area contributed by atoms with Gasteiger partial charge in [0.15, 0.2) is 0 Å². The maximum atomic E-state index is 13.5. The minimum absolute atomic E-state index is 0.00487. The summed E-state index contributed by atoms with van der Waals surface area (Å²) >= 11 is 5.84. The average molecular weight is 529 g/mol. The first-order valence-electron chi connectivity index (χ1n) is 11.9. The van der Waals surface area contributed by atoms with Crippen LogP contribution < -0.4 is 10.6 Å². The molecule has 194 valence electrons. The first-order valence-corrected chi connectivity index (χ1v) is 12.3. The Bertz CT molecular complexity index is 1330. The lowest BCUT2D eigenvalue weighted by molar-refractivity contribution is 0.0512. The highest BCUT2D eigenvalue weighted by Gasteiger charge is 2.49. The Morgan fingerprint density at radius 3 is 2.49 bits per heavy atom. The SMILES string of the molecule is Cn1cnc(C2CC3CC(O)(CNc4ncc(C(=O)O)cn4)CC3C2)c1C(=O)Nc1ccc(F)c(Cl)c1. The molecule has 1 aromatic carbocycles. The summed E-state index contributed by atoms with van der Waals surface area (Å²) in [6, 6.07) is 4.02. The molecule has 5 rings (SSSR count). The molecule has 2 heterocycles. The summed E-state index contributed by atoms with van der Waals surface area (Å²) in [5, 5.41) is 25.9. The van der Waals surface area contributed by atoms with Crippen LogP contribution in [0.4, 0.5) is 16.0 Å². The number of carboxylic acids is 1. The molecule has 12 heteroatoms. The number of anilines is 2. The molecule has 2 aliphatic rings. The summed E-state index contributed by atoms with van der Waals surface area (Å²) in [5.74, 6) is -1.10. The fraction of sp³-hybridized carbons (Fsp3) is 0.400. The van der Waals surface area contributed by atoms with E-state index in [1.807, 2.05) is 0 Å². The van der Waals surface area contributed by atoms with Crippen molar-refractivity contribution >= 4 is 35.1 Å². The summed E-state index contributed by atoms with van der Waals surface area (Å²) in [4.78, 5) is 36.6. The first-order chi connectivity index (χ1) is 17.6. The van der Waals surface area contributed by atoms with Crippen LogP contribution in [0, 0.1) is 17.7 Å². The zero-order chi connectivity index (χ0) is 26.3. The number of aromatic carboxylic acids is 1. The third-order valence-corrected chi connectivity index (χ3v) is 7.63. The fourth-order valence-electron chi connectivity index (χ4n) is 5.70. The summed E-state index contributed by atoms with van der Waals surface area (Å²) in [6.45, 7) is 0.258. The number of carbonyl (C=O) groups is 2. The molecule has 4 N–H and O–H groups in total. The molecule has 0 spiro atoms. The molecule has 0 radical (unpaired) electrons. The van der Waals surface area contributed by atoms with E-state index >= 15 is 0 Å². The largest absolute Gasteiger partial charge is 0.478 e. The van der Waals surface area contributed by atoms with Crippen LogP contribution in [-0.4, -0.2) is 53.8 Å². The van der Waals surface area contributed by atoms with Crippen molar-refractivity contribution in [1.82, 2.24) is 19.5 Å². The van der Waals surface area contributed by atoms with Crippen molar-refractivity contribution in [1.29, 1.82) is 0 Å². The second kappa shape index (κ2) is 9.71. The number of fused-ring (bicyclic) bond motifs is 1.